The van der Waals surface area contributed by atoms with Gasteiger partial charge in [0.15, 0.2) is 0 Å². The van der Waals surface area contributed by atoms with E-state index in [1.807, 2.05) is 0 Å². The average molecular weight is 245 g/mol. The molecule has 0 fully saturated rings. The van der Waals surface area contributed by atoms with Crippen LogP contribution in [0.3, 0.4) is 0 Å². The van der Waals surface area contributed by atoms with Gasteiger partial charge >= 0.3 is 0 Å². The Hall–Kier alpha value is -1.19. The van der Waals surface area contributed by atoms with Gasteiger partial charge in [0.05, 0.1) is 17.3 Å². The minimum absolute atomic E-state index is 0.225. The second kappa shape index (κ2) is 5.05. The Bertz CT molecular complexity index is 404. The van der Waals surface area contributed by atoms with Crippen molar-refractivity contribution in [2.24, 2.45) is 0 Å². The van der Waals surface area contributed by atoms with Gasteiger partial charge in [0, 0.05) is 10.6 Å². The molecule has 1 rings (SSSR count). The van der Waals surface area contributed by atoms with Gasteiger partial charge in [-0.1, -0.05) is 29.8 Å². The highest BCUT2D eigenvalue weighted by Crippen LogP contribution is 2.19. The highest BCUT2D eigenvalue weighted by molar-refractivity contribution is 6.33. The third-order valence-corrected chi connectivity index (χ3v) is 2.18. The highest BCUT2D eigenvalue weighted by atomic mass is 35.5. The Morgan fingerprint density at radius 2 is 2.20 bits per heavy atom. The van der Waals surface area contributed by atoms with E-state index in [2.05, 4.69) is 11.9 Å². The van der Waals surface area contributed by atoms with Crippen molar-refractivity contribution in [1.82, 2.24) is 5.32 Å². The predicted octanol–water partition coefficient (Wildman–Crippen LogP) is 2.40. The lowest BCUT2D eigenvalue weighted by atomic mass is 10.2. The molecule has 0 aromatic heterocycles. The molecule has 0 saturated heterocycles. The summed E-state index contributed by atoms with van der Waals surface area (Å²) in [5, 5.41) is 3.37. The van der Waals surface area contributed by atoms with Gasteiger partial charge in [0.25, 0.3) is 5.91 Å². The number of benzene rings is 1. The van der Waals surface area contributed by atoms with E-state index in [1.165, 1.54) is 6.07 Å². The van der Waals surface area contributed by atoms with E-state index in [9.17, 15) is 4.79 Å². The molecule has 0 bridgehead atoms. The van der Waals surface area contributed by atoms with Crippen LogP contribution in [-0.4, -0.2) is 12.5 Å². The summed E-state index contributed by atoms with van der Waals surface area (Å²) in [6, 6.07) is 4.67. The fraction of sp³-hybridized carbons (Fsp3) is 0.100. The molecule has 0 spiro atoms. The van der Waals surface area contributed by atoms with Crippen molar-refractivity contribution in [3.05, 3.63) is 40.4 Å². The quantitative estimate of drug-likeness (QED) is 0.803. The van der Waals surface area contributed by atoms with Gasteiger partial charge in [-0.05, 0) is 18.2 Å². The van der Waals surface area contributed by atoms with Gasteiger partial charge < -0.3 is 11.1 Å². The predicted molar refractivity (Wildman–Crippen MR) is 63.2 cm³/mol. The Morgan fingerprint density at radius 3 is 2.73 bits per heavy atom. The fourth-order valence-corrected chi connectivity index (χ4v) is 1.15. The molecule has 0 radical (unpaired) electrons. The van der Waals surface area contributed by atoms with E-state index in [4.69, 9.17) is 28.9 Å². The Kier molecular flexibility index (Phi) is 4.00. The molecule has 15 heavy (non-hydrogen) atoms. The number of halogens is 2. The van der Waals surface area contributed by atoms with Crippen LogP contribution in [0.5, 0.6) is 0 Å². The molecule has 1 aromatic carbocycles. The number of hydrogen-bond donors (Lipinski definition) is 2. The minimum atomic E-state index is -0.264. The third kappa shape index (κ3) is 3.46. The third-order valence-electron chi connectivity index (χ3n) is 1.70. The van der Waals surface area contributed by atoms with E-state index >= 15 is 0 Å². The normalized spacial score (nSPS) is 9.73. The van der Waals surface area contributed by atoms with Gasteiger partial charge in [0.1, 0.15) is 0 Å². The van der Waals surface area contributed by atoms with Gasteiger partial charge in [-0.25, -0.2) is 0 Å². The summed E-state index contributed by atoms with van der Waals surface area (Å²) in [5.41, 5.74) is 6.37. The minimum Gasteiger partial charge on any atom is -0.398 e. The maximum absolute atomic E-state index is 11.5. The summed E-state index contributed by atoms with van der Waals surface area (Å²) in [4.78, 5) is 11.5. The molecule has 1 aromatic rings. The van der Waals surface area contributed by atoms with E-state index in [0.29, 0.717) is 21.3 Å². The number of carbonyl (C=O) groups excluding carboxylic acids is 1. The maximum atomic E-state index is 11.5. The number of nitrogens with two attached hydrogens (primary N) is 1. The van der Waals surface area contributed by atoms with Crippen molar-refractivity contribution in [2.75, 3.05) is 12.3 Å². The summed E-state index contributed by atoms with van der Waals surface area (Å²) in [6.45, 7) is 3.68. The molecular weight excluding hydrogens is 235 g/mol. The van der Waals surface area contributed by atoms with Crippen LogP contribution in [0, 0.1) is 0 Å². The van der Waals surface area contributed by atoms with E-state index < -0.39 is 0 Å². The van der Waals surface area contributed by atoms with Crippen molar-refractivity contribution < 1.29 is 4.79 Å². The second-order valence-corrected chi connectivity index (χ2v) is 3.88. The number of carbonyl (C=O) groups is 1. The van der Waals surface area contributed by atoms with Crippen molar-refractivity contribution in [1.29, 1.82) is 0 Å². The smallest absolute Gasteiger partial charge is 0.251 e. The maximum Gasteiger partial charge on any atom is 0.251 e. The lowest BCUT2D eigenvalue weighted by Crippen LogP contribution is -2.24. The molecule has 0 atom stereocenters. The highest BCUT2D eigenvalue weighted by Gasteiger charge is 2.06. The van der Waals surface area contributed by atoms with Crippen molar-refractivity contribution in [3.63, 3.8) is 0 Å². The zero-order valence-corrected chi connectivity index (χ0v) is 9.40. The molecule has 0 unspecified atom stereocenters. The van der Waals surface area contributed by atoms with Gasteiger partial charge in [0.2, 0.25) is 0 Å². The Labute approximate surface area is 97.9 Å². The molecule has 0 aliphatic heterocycles. The zero-order valence-electron chi connectivity index (χ0n) is 7.89. The largest absolute Gasteiger partial charge is 0.398 e. The zero-order chi connectivity index (χ0) is 11.4. The number of anilines is 1. The van der Waals surface area contributed by atoms with E-state index in [0.717, 1.165) is 0 Å². The SMILES string of the molecule is C=C(Cl)CNC(=O)c1ccc(Cl)c(N)c1. The summed E-state index contributed by atoms with van der Waals surface area (Å²) in [7, 11) is 0. The van der Waals surface area contributed by atoms with Gasteiger partial charge in [-0.15, -0.1) is 0 Å². The second-order valence-electron chi connectivity index (χ2n) is 2.94. The van der Waals surface area contributed by atoms with Crippen LogP contribution in [0.2, 0.25) is 5.02 Å². The fourth-order valence-electron chi connectivity index (χ4n) is 0.963. The van der Waals surface area contributed by atoms with Crippen LogP contribution in [0.25, 0.3) is 0 Å². The van der Waals surface area contributed by atoms with Crippen molar-refractivity contribution in [2.45, 2.75) is 0 Å². The summed E-state index contributed by atoms with van der Waals surface area (Å²) < 4.78 is 0. The summed E-state index contributed by atoms with van der Waals surface area (Å²) >= 11 is 11.2. The van der Waals surface area contributed by atoms with E-state index in [-0.39, 0.29) is 12.5 Å². The first-order valence-electron chi connectivity index (χ1n) is 4.17. The Morgan fingerprint density at radius 1 is 1.53 bits per heavy atom. The molecule has 0 aliphatic carbocycles. The lowest BCUT2D eigenvalue weighted by molar-refractivity contribution is 0.0957. The van der Waals surface area contributed by atoms with Crippen LogP contribution in [-0.2, 0) is 0 Å². The first-order chi connectivity index (χ1) is 7.00. The molecule has 0 heterocycles. The van der Waals surface area contributed by atoms with Crippen molar-refractivity contribution in [3.8, 4) is 0 Å². The molecular formula is C10H10Cl2N2O. The van der Waals surface area contributed by atoms with E-state index in [1.54, 1.807) is 12.1 Å². The summed E-state index contributed by atoms with van der Waals surface area (Å²) in [5.74, 6) is -0.264. The summed E-state index contributed by atoms with van der Waals surface area (Å²) in [6.07, 6.45) is 0. The van der Waals surface area contributed by atoms with Gasteiger partial charge in [-0.3, -0.25) is 4.79 Å². The standard InChI is InChI=1S/C10H10Cl2N2O/c1-6(11)5-14-10(15)7-2-3-8(12)9(13)4-7/h2-4H,1,5,13H2,(H,14,15). The monoisotopic (exact) mass is 244 g/mol. The average Bonchev–Trinajstić information content (AvgIpc) is 2.18. The van der Waals surface area contributed by atoms with Crippen LogP contribution >= 0.6 is 23.2 Å². The Balaban J connectivity index is 2.74. The number of hydrogen-bond acceptors (Lipinski definition) is 2. The van der Waals surface area contributed by atoms with Crippen LogP contribution < -0.4 is 11.1 Å². The molecule has 1 amide bonds. The van der Waals surface area contributed by atoms with Crippen LogP contribution in [0.15, 0.2) is 29.8 Å². The van der Waals surface area contributed by atoms with Crippen LogP contribution in [0.1, 0.15) is 10.4 Å². The molecule has 5 heteroatoms. The number of rotatable bonds is 3. The number of nitrogens with one attached hydrogen (secondary N) is 1. The molecule has 3 N–H and O–H groups in total. The number of amides is 1. The molecule has 0 aliphatic rings. The number of nitrogen functional groups attached to an aromatic ring is 1. The first-order valence-corrected chi connectivity index (χ1v) is 4.93. The lowest BCUT2D eigenvalue weighted by Gasteiger charge is -2.05. The van der Waals surface area contributed by atoms with Crippen LogP contribution in [0.4, 0.5) is 5.69 Å². The molecule has 3 nitrogen and oxygen atoms in total. The first kappa shape index (κ1) is 11.9. The molecule has 80 valence electrons. The molecule has 0 saturated carbocycles. The van der Waals surface area contributed by atoms with Gasteiger partial charge in [-0.2, -0.15) is 0 Å². The van der Waals surface area contributed by atoms with Crippen molar-refractivity contribution >= 4 is 34.8 Å². The topological polar surface area (TPSA) is 55.1 Å².